The molecule has 2 aliphatic rings. The van der Waals surface area contributed by atoms with Crippen molar-refractivity contribution in [2.45, 2.75) is 32.1 Å². The van der Waals surface area contributed by atoms with Gasteiger partial charge in [-0.25, -0.2) is 4.72 Å². The van der Waals surface area contributed by atoms with E-state index < -0.39 is 10.2 Å². The third-order valence-electron chi connectivity index (χ3n) is 3.70. The van der Waals surface area contributed by atoms with Crippen LogP contribution < -0.4 is 10.0 Å². The van der Waals surface area contributed by atoms with Gasteiger partial charge in [0.25, 0.3) is 10.2 Å². The van der Waals surface area contributed by atoms with Gasteiger partial charge in [0.05, 0.1) is 0 Å². The van der Waals surface area contributed by atoms with Crippen molar-refractivity contribution in [1.29, 1.82) is 0 Å². The Morgan fingerprint density at radius 2 is 1.76 bits per heavy atom. The monoisotopic (exact) mass is 261 g/mol. The Labute approximate surface area is 104 Å². The summed E-state index contributed by atoms with van der Waals surface area (Å²) >= 11 is 0. The zero-order chi connectivity index (χ0) is 12.1. The van der Waals surface area contributed by atoms with E-state index in [2.05, 4.69) is 10.0 Å². The first-order valence-electron chi connectivity index (χ1n) is 6.64. The van der Waals surface area contributed by atoms with Crippen molar-refractivity contribution >= 4 is 10.2 Å². The number of rotatable bonds is 4. The van der Waals surface area contributed by atoms with Gasteiger partial charge in [0, 0.05) is 32.7 Å². The van der Waals surface area contributed by atoms with E-state index in [4.69, 9.17) is 0 Å². The van der Waals surface area contributed by atoms with E-state index in [-0.39, 0.29) is 0 Å². The smallest absolute Gasteiger partial charge is 0.279 e. The van der Waals surface area contributed by atoms with Crippen LogP contribution in [0.3, 0.4) is 0 Å². The van der Waals surface area contributed by atoms with Gasteiger partial charge in [-0.2, -0.15) is 12.7 Å². The molecule has 1 aliphatic heterocycles. The van der Waals surface area contributed by atoms with Crippen molar-refractivity contribution in [3.8, 4) is 0 Å². The van der Waals surface area contributed by atoms with Crippen LogP contribution in [0.2, 0.25) is 0 Å². The molecular weight excluding hydrogens is 238 g/mol. The fraction of sp³-hybridized carbons (Fsp3) is 1.00. The molecule has 0 radical (unpaired) electrons. The van der Waals surface area contributed by atoms with Crippen LogP contribution in [0.25, 0.3) is 0 Å². The summed E-state index contributed by atoms with van der Waals surface area (Å²) in [6.07, 6.45) is 6.15. The number of nitrogens with one attached hydrogen (secondary N) is 2. The first kappa shape index (κ1) is 13.3. The maximum Gasteiger partial charge on any atom is 0.279 e. The molecule has 1 heterocycles. The van der Waals surface area contributed by atoms with Gasteiger partial charge < -0.3 is 5.32 Å². The van der Waals surface area contributed by atoms with Gasteiger partial charge in [-0.3, -0.25) is 0 Å². The minimum Gasteiger partial charge on any atom is -0.314 e. The molecule has 1 saturated carbocycles. The zero-order valence-corrected chi connectivity index (χ0v) is 11.1. The van der Waals surface area contributed by atoms with E-state index in [1.54, 1.807) is 4.31 Å². The lowest BCUT2D eigenvalue weighted by atomic mass is 9.90. The summed E-state index contributed by atoms with van der Waals surface area (Å²) in [6, 6.07) is 0. The molecule has 17 heavy (non-hydrogen) atoms. The van der Waals surface area contributed by atoms with Crippen LogP contribution in [-0.4, -0.2) is 45.4 Å². The molecule has 1 aliphatic carbocycles. The Morgan fingerprint density at radius 1 is 1.12 bits per heavy atom. The predicted molar refractivity (Wildman–Crippen MR) is 67.9 cm³/mol. The molecule has 2 rings (SSSR count). The van der Waals surface area contributed by atoms with Crippen LogP contribution in [0.4, 0.5) is 0 Å². The van der Waals surface area contributed by atoms with Crippen molar-refractivity contribution in [2.24, 2.45) is 5.92 Å². The van der Waals surface area contributed by atoms with Crippen LogP contribution in [0.1, 0.15) is 32.1 Å². The minimum absolute atomic E-state index is 0.543. The van der Waals surface area contributed by atoms with Crippen LogP contribution in [0, 0.1) is 5.92 Å². The van der Waals surface area contributed by atoms with Gasteiger partial charge in [-0.05, 0) is 18.8 Å². The molecule has 0 aromatic heterocycles. The highest BCUT2D eigenvalue weighted by molar-refractivity contribution is 7.87. The van der Waals surface area contributed by atoms with Crippen LogP contribution in [-0.2, 0) is 10.2 Å². The molecule has 0 unspecified atom stereocenters. The lowest BCUT2D eigenvalue weighted by Crippen LogP contribution is -2.51. The molecule has 5 nitrogen and oxygen atoms in total. The average molecular weight is 261 g/mol. The van der Waals surface area contributed by atoms with E-state index in [0.717, 1.165) is 13.1 Å². The van der Waals surface area contributed by atoms with E-state index in [1.165, 1.54) is 32.1 Å². The van der Waals surface area contributed by atoms with Crippen LogP contribution in [0.15, 0.2) is 0 Å². The first-order chi connectivity index (χ1) is 8.18. The van der Waals surface area contributed by atoms with Gasteiger partial charge in [0.2, 0.25) is 0 Å². The highest BCUT2D eigenvalue weighted by atomic mass is 32.2. The van der Waals surface area contributed by atoms with Gasteiger partial charge >= 0.3 is 0 Å². The third kappa shape index (κ3) is 3.91. The van der Waals surface area contributed by atoms with Gasteiger partial charge in [-0.1, -0.05) is 19.3 Å². The lowest BCUT2D eigenvalue weighted by molar-refractivity contribution is 0.335. The Hall–Kier alpha value is -0.170. The number of hydrogen-bond donors (Lipinski definition) is 2. The highest BCUT2D eigenvalue weighted by Crippen LogP contribution is 2.23. The summed E-state index contributed by atoms with van der Waals surface area (Å²) in [5.74, 6) is 0.543. The summed E-state index contributed by atoms with van der Waals surface area (Å²) in [5.41, 5.74) is 0. The first-order valence-corrected chi connectivity index (χ1v) is 8.08. The lowest BCUT2D eigenvalue weighted by Gasteiger charge is -2.28. The fourth-order valence-corrected chi connectivity index (χ4v) is 3.88. The van der Waals surface area contributed by atoms with E-state index in [1.807, 2.05) is 0 Å². The molecule has 100 valence electrons. The molecule has 2 fully saturated rings. The molecule has 6 heteroatoms. The molecular formula is C11H23N3O2S. The summed E-state index contributed by atoms with van der Waals surface area (Å²) in [7, 11) is -3.24. The molecule has 0 bridgehead atoms. The second-order valence-electron chi connectivity index (χ2n) is 5.01. The van der Waals surface area contributed by atoms with Crippen LogP contribution in [0.5, 0.6) is 0 Å². The summed E-state index contributed by atoms with van der Waals surface area (Å²) in [4.78, 5) is 0. The van der Waals surface area contributed by atoms with E-state index >= 15 is 0 Å². The number of piperazine rings is 1. The second-order valence-corrected chi connectivity index (χ2v) is 6.76. The highest BCUT2D eigenvalue weighted by Gasteiger charge is 2.24. The Kier molecular flexibility index (Phi) is 4.78. The van der Waals surface area contributed by atoms with Crippen LogP contribution >= 0.6 is 0 Å². The standard InChI is InChI=1S/C11H23N3O2S/c15-17(16,14-8-6-12-7-9-14)13-10-11-4-2-1-3-5-11/h11-13H,1-10H2. The maximum absolute atomic E-state index is 12.0. The molecule has 0 atom stereocenters. The number of nitrogens with zero attached hydrogens (tertiary/aromatic N) is 1. The molecule has 0 spiro atoms. The molecule has 0 aromatic carbocycles. The molecule has 0 aromatic rings. The van der Waals surface area contributed by atoms with Gasteiger partial charge in [-0.15, -0.1) is 0 Å². The Morgan fingerprint density at radius 3 is 2.41 bits per heavy atom. The molecule has 1 saturated heterocycles. The van der Waals surface area contributed by atoms with Crippen molar-refractivity contribution < 1.29 is 8.42 Å². The average Bonchev–Trinajstić information content (AvgIpc) is 2.39. The molecule has 0 amide bonds. The minimum atomic E-state index is -3.24. The Bertz CT molecular complexity index is 320. The quantitative estimate of drug-likeness (QED) is 0.765. The summed E-state index contributed by atoms with van der Waals surface area (Å²) in [6.45, 7) is 3.29. The topological polar surface area (TPSA) is 61.4 Å². The second kappa shape index (κ2) is 6.13. The van der Waals surface area contributed by atoms with Crippen molar-refractivity contribution in [3.63, 3.8) is 0 Å². The van der Waals surface area contributed by atoms with Crippen molar-refractivity contribution in [2.75, 3.05) is 32.7 Å². The summed E-state index contributed by atoms with van der Waals surface area (Å²) < 4.78 is 28.3. The third-order valence-corrected chi connectivity index (χ3v) is 5.27. The predicted octanol–water partition coefficient (Wildman–Crippen LogP) is 0.306. The fourth-order valence-electron chi connectivity index (χ4n) is 2.59. The zero-order valence-electron chi connectivity index (χ0n) is 10.3. The van der Waals surface area contributed by atoms with Gasteiger partial charge in [0.1, 0.15) is 0 Å². The van der Waals surface area contributed by atoms with E-state index in [0.29, 0.717) is 25.6 Å². The maximum atomic E-state index is 12.0. The SMILES string of the molecule is O=S(=O)(NCC1CCCCC1)N1CCNCC1. The van der Waals surface area contributed by atoms with E-state index in [9.17, 15) is 8.42 Å². The molecule has 2 N–H and O–H groups in total. The van der Waals surface area contributed by atoms with Gasteiger partial charge in [0.15, 0.2) is 0 Å². The normalized spacial score (nSPS) is 24.9. The largest absolute Gasteiger partial charge is 0.314 e. The summed E-state index contributed by atoms with van der Waals surface area (Å²) in [5, 5.41) is 3.16. The Balaban J connectivity index is 1.79. The van der Waals surface area contributed by atoms with Crippen molar-refractivity contribution in [3.05, 3.63) is 0 Å². The van der Waals surface area contributed by atoms with Crippen molar-refractivity contribution in [1.82, 2.24) is 14.3 Å². The number of hydrogen-bond acceptors (Lipinski definition) is 3.